The molecule has 3 heteroatoms. The highest BCUT2D eigenvalue weighted by molar-refractivity contribution is 5.09. The second-order valence-electron chi connectivity index (χ2n) is 7.49. The smallest absolute Gasteiger partial charge is 0.0932 e. The van der Waals surface area contributed by atoms with Crippen molar-refractivity contribution in [3.8, 4) is 0 Å². The Morgan fingerprint density at radius 1 is 1.06 bits per heavy atom. The first-order valence-corrected chi connectivity index (χ1v) is 7.25. The fourth-order valence-electron chi connectivity index (χ4n) is 4.36. The summed E-state index contributed by atoms with van der Waals surface area (Å²) in [7, 11) is 0. The highest BCUT2D eigenvalue weighted by atomic mass is 16.3. The van der Waals surface area contributed by atoms with Crippen LogP contribution in [-0.4, -0.2) is 32.6 Å². The standard InChI is InChI=1S/C15H28O3/c1-10(2)15(18)8-11-13(3,9-12(15)16)6-5-7-14(11,4)17/h10-12,16-18H,5-9H2,1-4H3/t11-,12+,13+,14+,15-/m0/s1. The summed E-state index contributed by atoms with van der Waals surface area (Å²) in [5.74, 6) is 0.0873. The molecule has 18 heavy (non-hydrogen) atoms. The normalized spacial score (nSPS) is 53.3. The van der Waals surface area contributed by atoms with Gasteiger partial charge in [-0.05, 0) is 49.9 Å². The van der Waals surface area contributed by atoms with Crippen LogP contribution in [0.4, 0.5) is 0 Å². The van der Waals surface area contributed by atoms with Gasteiger partial charge in [0.05, 0.1) is 17.3 Å². The van der Waals surface area contributed by atoms with Gasteiger partial charge >= 0.3 is 0 Å². The van der Waals surface area contributed by atoms with Crippen molar-refractivity contribution in [1.82, 2.24) is 0 Å². The molecule has 0 unspecified atom stereocenters. The molecule has 0 heterocycles. The Labute approximate surface area is 110 Å². The first-order valence-electron chi connectivity index (χ1n) is 7.25. The van der Waals surface area contributed by atoms with Crippen LogP contribution in [0.2, 0.25) is 0 Å². The lowest BCUT2D eigenvalue weighted by atomic mass is 9.51. The van der Waals surface area contributed by atoms with Crippen LogP contribution in [0, 0.1) is 17.3 Å². The van der Waals surface area contributed by atoms with Crippen molar-refractivity contribution in [2.24, 2.45) is 17.3 Å². The molecule has 3 nitrogen and oxygen atoms in total. The van der Waals surface area contributed by atoms with Crippen molar-refractivity contribution in [3.63, 3.8) is 0 Å². The van der Waals surface area contributed by atoms with E-state index in [9.17, 15) is 15.3 Å². The molecule has 2 saturated carbocycles. The maximum atomic E-state index is 10.7. The Kier molecular flexibility index (Phi) is 3.33. The number of hydrogen-bond donors (Lipinski definition) is 3. The van der Waals surface area contributed by atoms with Gasteiger partial charge in [-0.25, -0.2) is 0 Å². The first kappa shape index (κ1) is 14.3. The topological polar surface area (TPSA) is 60.7 Å². The summed E-state index contributed by atoms with van der Waals surface area (Å²) in [5, 5.41) is 31.7. The van der Waals surface area contributed by atoms with E-state index in [0.717, 1.165) is 19.3 Å². The van der Waals surface area contributed by atoms with Crippen LogP contribution in [0.5, 0.6) is 0 Å². The Morgan fingerprint density at radius 3 is 2.22 bits per heavy atom. The van der Waals surface area contributed by atoms with Crippen molar-refractivity contribution in [1.29, 1.82) is 0 Å². The van der Waals surface area contributed by atoms with Gasteiger partial charge in [0.15, 0.2) is 0 Å². The Hall–Kier alpha value is -0.120. The lowest BCUT2D eigenvalue weighted by Crippen LogP contribution is -2.62. The van der Waals surface area contributed by atoms with Gasteiger partial charge < -0.3 is 15.3 Å². The van der Waals surface area contributed by atoms with Crippen molar-refractivity contribution < 1.29 is 15.3 Å². The highest BCUT2D eigenvalue weighted by Gasteiger charge is 2.58. The van der Waals surface area contributed by atoms with E-state index in [-0.39, 0.29) is 17.3 Å². The van der Waals surface area contributed by atoms with Crippen molar-refractivity contribution in [2.45, 2.75) is 77.1 Å². The molecular formula is C15H28O3. The van der Waals surface area contributed by atoms with Crippen molar-refractivity contribution >= 4 is 0 Å². The van der Waals surface area contributed by atoms with Gasteiger partial charge in [-0.2, -0.15) is 0 Å². The van der Waals surface area contributed by atoms with Crippen molar-refractivity contribution in [3.05, 3.63) is 0 Å². The third-order valence-electron chi connectivity index (χ3n) is 5.79. The summed E-state index contributed by atoms with van der Waals surface area (Å²) in [5.41, 5.74) is -1.80. The van der Waals surface area contributed by atoms with Gasteiger partial charge in [-0.3, -0.25) is 0 Å². The van der Waals surface area contributed by atoms with E-state index in [4.69, 9.17) is 0 Å². The van der Waals surface area contributed by atoms with Crippen LogP contribution < -0.4 is 0 Å². The van der Waals surface area contributed by atoms with Gasteiger partial charge in [0.25, 0.3) is 0 Å². The Balaban J connectivity index is 2.33. The van der Waals surface area contributed by atoms with E-state index >= 15 is 0 Å². The molecule has 0 aromatic rings. The summed E-state index contributed by atoms with van der Waals surface area (Å²) in [4.78, 5) is 0. The zero-order valence-corrected chi connectivity index (χ0v) is 12.1. The summed E-state index contributed by atoms with van der Waals surface area (Å²) < 4.78 is 0. The lowest BCUT2D eigenvalue weighted by molar-refractivity contribution is -0.218. The molecule has 0 spiro atoms. The quantitative estimate of drug-likeness (QED) is 0.673. The zero-order valence-electron chi connectivity index (χ0n) is 12.1. The molecule has 0 bridgehead atoms. The lowest BCUT2D eigenvalue weighted by Gasteiger charge is -2.58. The third-order valence-corrected chi connectivity index (χ3v) is 5.79. The molecule has 5 atom stereocenters. The summed E-state index contributed by atoms with van der Waals surface area (Å²) in [6.07, 6.45) is 3.29. The van der Waals surface area contributed by atoms with E-state index in [1.54, 1.807) is 0 Å². The van der Waals surface area contributed by atoms with Crippen LogP contribution in [0.1, 0.15) is 59.8 Å². The average Bonchev–Trinajstić information content (AvgIpc) is 2.21. The number of aliphatic hydroxyl groups is 3. The number of aliphatic hydroxyl groups excluding tert-OH is 1. The van der Waals surface area contributed by atoms with Gasteiger partial charge in [0.1, 0.15) is 0 Å². The highest BCUT2D eigenvalue weighted by Crippen LogP contribution is 2.57. The maximum absolute atomic E-state index is 10.7. The second-order valence-corrected chi connectivity index (χ2v) is 7.49. The monoisotopic (exact) mass is 256 g/mol. The number of hydrogen-bond acceptors (Lipinski definition) is 3. The van der Waals surface area contributed by atoms with E-state index in [1.165, 1.54) is 0 Å². The molecule has 0 aromatic carbocycles. The van der Waals surface area contributed by atoms with E-state index in [0.29, 0.717) is 12.8 Å². The molecule has 2 aliphatic carbocycles. The average molecular weight is 256 g/mol. The third kappa shape index (κ3) is 2.00. The Bertz CT molecular complexity index is 326. The van der Waals surface area contributed by atoms with Crippen LogP contribution in [0.3, 0.4) is 0 Å². The largest absolute Gasteiger partial charge is 0.390 e. The minimum Gasteiger partial charge on any atom is -0.390 e. The minimum absolute atomic E-state index is 0.00905. The van der Waals surface area contributed by atoms with Crippen LogP contribution in [0.25, 0.3) is 0 Å². The Morgan fingerprint density at radius 2 is 1.67 bits per heavy atom. The van der Waals surface area contributed by atoms with Gasteiger partial charge in [0.2, 0.25) is 0 Å². The van der Waals surface area contributed by atoms with E-state index in [2.05, 4.69) is 6.92 Å². The van der Waals surface area contributed by atoms with E-state index < -0.39 is 17.3 Å². The molecule has 0 radical (unpaired) electrons. The fourth-order valence-corrected chi connectivity index (χ4v) is 4.36. The zero-order chi connectivity index (χ0) is 13.8. The molecular weight excluding hydrogens is 228 g/mol. The molecule has 0 saturated heterocycles. The van der Waals surface area contributed by atoms with E-state index in [1.807, 2.05) is 20.8 Å². The number of fused-ring (bicyclic) bond motifs is 1. The molecule has 106 valence electrons. The van der Waals surface area contributed by atoms with Gasteiger partial charge in [-0.15, -0.1) is 0 Å². The molecule has 0 amide bonds. The predicted molar refractivity (Wildman–Crippen MR) is 71.1 cm³/mol. The molecule has 3 N–H and O–H groups in total. The number of rotatable bonds is 1. The molecule has 0 aliphatic heterocycles. The molecule has 2 aliphatic rings. The SMILES string of the molecule is CC(C)[C@@]1(O)C[C@H]2[C@](C)(CCC[C@@]2(C)O)C[C@H]1O. The van der Waals surface area contributed by atoms with Gasteiger partial charge in [-0.1, -0.05) is 27.2 Å². The molecule has 0 aromatic heterocycles. The van der Waals surface area contributed by atoms with Gasteiger partial charge in [0, 0.05) is 0 Å². The summed E-state index contributed by atoms with van der Waals surface area (Å²) in [6, 6.07) is 0. The van der Waals surface area contributed by atoms with Crippen LogP contribution in [0.15, 0.2) is 0 Å². The maximum Gasteiger partial charge on any atom is 0.0932 e. The predicted octanol–water partition coefficient (Wildman–Crippen LogP) is 2.09. The summed E-state index contributed by atoms with van der Waals surface area (Å²) >= 11 is 0. The minimum atomic E-state index is -1.05. The molecule has 2 rings (SSSR count). The molecule has 2 fully saturated rings. The van der Waals surface area contributed by atoms with Crippen molar-refractivity contribution in [2.75, 3.05) is 0 Å². The fraction of sp³-hybridized carbons (Fsp3) is 1.00. The first-order chi connectivity index (χ1) is 8.12. The van der Waals surface area contributed by atoms with Crippen LogP contribution in [-0.2, 0) is 0 Å². The second kappa shape index (κ2) is 4.19. The van der Waals surface area contributed by atoms with Crippen LogP contribution >= 0.6 is 0 Å². The summed E-state index contributed by atoms with van der Waals surface area (Å²) in [6.45, 7) is 7.95.